The van der Waals surface area contributed by atoms with Crippen LogP contribution in [0.15, 0.2) is 54.6 Å². The van der Waals surface area contributed by atoms with Gasteiger partial charge in [0.05, 0.1) is 105 Å². The first kappa shape index (κ1) is 57.9. The van der Waals surface area contributed by atoms with Crippen LogP contribution in [0.25, 0.3) is 0 Å². The van der Waals surface area contributed by atoms with Gasteiger partial charge in [-0.05, 0) is 73.4 Å². The zero-order valence-corrected chi connectivity index (χ0v) is 49.0. The number of carbonyl (C=O) groups excluding carboxylic acids is 3. The summed E-state index contributed by atoms with van der Waals surface area (Å²) in [6.45, 7) is 3.26. The molecular formula is C51H60Cl3N15O9S3. The molecule has 0 saturated heterocycles. The predicted molar refractivity (Wildman–Crippen MR) is 311 cm³/mol. The van der Waals surface area contributed by atoms with Gasteiger partial charge in [0.15, 0.2) is 0 Å². The van der Waals surface area contributed by atoms with E-state index < -0.39 is 47.8 Å². The number of hydrogen-bond donors (Lipinski definition) is 6. The number of nitrogen functional groups attached to an aromatic ring is 3. The van der Waals surface area contributed by atoms with E-state index in [2.05, 4.69) is 31.2 Å². The summed E-state index contributed by atoms with van der Waals surface area (Å²) in [6.07, 6.45) is 6.63. The molecule has 0 bridgehead atoms. The molecular weight excluding hydrogens is 1170 g/mol. The normalized spacial score (nSPS) is 19.9. The third kappa shape index (κ3) is 11.4. The van der Waals surface area contributed by atoms with E-state index in [9.17, 15) is 39.6 Å². The summed E-state index contributed by atoms with van der Waals surface area (Å²) in [5.41, 5.74) is 27.3. The number of para-hydroxylation sites is 3. The Balaban J connectivity index is 0.000000136. The molecule has 6 aliphatic rings. The van der Waals surface area contributed by atoms with Crippen LogP contribution in [0.4, 0.5) is 34.5 Å². The van der Waals surface area contributed by atoms with Crippen LogP contribution in [0.5, 0.6) is 0 Å². The summed E-state index contributed by atoms with van der Waals surface area (Å²) in [4.78, 5) is 39.6. The number of hydrogen-bond acceptors (Lipinski definition) is 18. The Hall–Kier alpha value is -6.30. The fourth-order valence-electron chi connectivity index (χ4n) is 11.3. The average molecular weight is 1230 g/mol. The minimum absolute atomic E-state index is 0.132. The van der Waals surface area contributed by atoms with Crippen molar-refractivity contribution in [3.05, 3.63) is 120 Å². The molecule has 9 N–H and O–H groups in total. The van der Waals surface area contributed by atoms with E-state index in [0.29, 0.717) is 127 Å². The Morgan fingerprint density at radius 1 is 0.469 bits per heavy atom. The lowest BCUT2D eigenvalue weighted by Gasteiger charge is -2.26. The number of carbonyl (C=O) groups is 3. The summed E-state index contributed by atoms with van der Waals surface area (Å²) >= 11 is 18.7. The number of nitrogens with one attached hydrogen (secondary N) is 3. The molecule has 6 aromatic rings. The van der Waals surface area contributed by atoms with Crippen LogP contribution < -0.4 is 33.2 Å². The van der Waals surface area contributed by atoms with E-state index in [1.54, 1.807) is 18.2 Å². The molecule has 9 heterocycles. The summed E-state index contributed by atoms with van der Waals surface area (Å²) in [7, 11) is -9.97. The molecule has 12 rings (SSSR count). The number of nitrogens with zero attached hydrogens (tertiary/aromatic N) is 9. The maximum Gasteiger partial charge on any atom is 0.256 e. The lowest BCUT2D eigenvalue weighted by Crippen LogP contribution is -2.35. The highest BCUT2D eigenvalue weighted by Crippen LogP contribution is 2.41. The van der Waals surface area contributed by atoms with E-state index in [0.717, 1.165) is 50.4 Å². The molecule has 81 heavy (non-hydrogen) atoms. The van der Waals surface area contributed by atoms with E-state index in [1.807, 2.05) is 36.4 Å². The van der Waals surface area contributed by atoms with Crippen molar-refractivity contribution in [1.82, 2.24) is 42.3 Å². The Morgan fingerprint density at radius 3 is 0.975 bits per heavy atom. The van der Waals surface area contributed by atoms with Gasteiger partial charge in [-0.15, -0.1) is 0 Å². The van der Waals surface area contributed by atoms with Crippen molar-refractivity contribution in [2.24, 2.45) is 0 Å². The van der Waals surface area contributed by atoms with Crippen LogP contribution in [-0.4, -0.2) is 143 Å². The molecule has 3 aromatic carbocycles. The maximum atomic E-state index is 13.2. The van der Waals surface area contributed by atoms with Crippen molar-refractivity contribution in [2.75, 3.05) is 91.2 Å². The summed E-state index contributed by atoms with van der Waals surface area (Å²) in [6, 6.07) is 16.4. The first-order chi connectivity index (χ1) is 38.3. The van der Waals surface area contributed by atoms with E-state index >= 15 is 0 Å². The van der Waals surface area contributed by atoms with Crippen molar-refractivity contribution < 1.29 is 39.6 Å². The number of fused-ring (bicyclic) bond motifs is 6. The van der Waals surface area contributed by atoms with Crippen LogP contribution in [0.3, 0.4) is 0 Å². The minimum Gasteiger partial charge on any atom is -0.384 e. The minimum atomic E-state index is -3.32. The first-order valence-corrected chi connectivity index (χ1v) is 32.6. The van der Waals surface area contributed by atoms with Gasteiger partial charge in [-0.3, -0.25) is 14.4 Å². The molecule has 0 spiro atoms. The molecule has 6 aliphatic heterocycles. The Bertz CT molecular complexity index is 3490. The highest BCUT2D eigenvalue weighted by atomic mass is 35.5. The fourth-order valence-corrected chi connectivity index (χ4v) is 14.4. The van der Waals surface area contributed by atoms with Gasteiger partial charge in [-0.2, -0.15) is 42.3 Å². The van der Waals surface area contributed by atoms with Gasteiger partial charge in [0.1, 0.15) is 17.5 Å². The third-order valence-electron chi connectivity index (χ3n) is 15.5. The lowest BCUT2D eigenvalue weighted by molar-refractivity contribution is 0.0851. The molecule has 2 unspecified atom stereocenters. The van der Waals surface area contributed by atoms with Gasteiger partial charge in [0.2, 0.25) is 30.1 Å². The molecule has 0 amide bonds. The number of anilines is 6. The van der Waals surface area contributed by atoms with Crippen LogP contribution in [0, 0.1) is 0 Å². The molecule has 0 radical (unpaired) electrons. The van der Waals surface area contributed by atoms with E-state index in [1.165, 1.54) is 45.7 Å². The third-order valence-corrected chi connectivity index (χ3v) is 20.2. The van der Waals surface area contributed by atoms with Gasteiger partial charge >= 0.3 is 0 Å². The van der Waals surface area contributed by atoms with Gasteiger partial charge in [0.25, 0.3) is 17.7 Å². The number of sulfonamides is 3. The van der Waals surface area contributed by atoms with Crippen molar-refractivity contribution in [3.63, 3.8) is 0 Å². The zero-order valence-electron chi connectivity index (χ0n) is 44.3. The number of nitrogens with two attached hydrogens (primary N) is 3. The van der Waals surface area contributed by atoms with Gasteiger partial charge in [0, 0.05) is 56.0 Å². The lowest BCUT2D eigenvalue weighted by atomic mass is 9.90. The summed E-state index contributed by atoms with van der Waals surface area (Å²) in [5.74, 6) is -1.01. The predicted octanol–water partition coefficient (Wildman–Crippen LogP) is 5.03. The zero-order chi connectivity index (χ0) is 58.0. The number of rotatable bonds is 6. The van der Waals surface area contributed by atoms with Crippen molar-refractivity contribution in [2.45, 2.75) is 75.9 Å². The van der Waals surface area contributed by atoms with Gasteiger partial charge < -0.3 is 33.2 Å². The summed E-state index contributed by atoms with van der Waals surface area (Å²) in [5, 5.41) is 24.5. The highest BCUT2D eigenvalue weighted by molar-refractivity contribution is 7.88. The molecule has 0 aliphatic carbocycles. The molecule has 432 valence electrons. The fraction of sp³-hybridized carbons (Fsp3) is 0.412. The largest absolute Gasteiger partial charge is 0.384 e. The highest BCUT2D eigenvalue weighted by Gasteiger charge is 2.38. The second-order valence-corrected chi connectivity index (χ2v) is 27.8. The number of benzene rings is 3. The average Bonchev–Trinajstić information content (AvgIpc) is 4.19. The number of halogens is 3. The van der Waals surface area contributed by atoms with Crippen molar-refractivity contribution in [1.29, 1.82) is 0 Å². The van der Waals surface area contributed by atoms with Crippen LogP contribution >= 0.6 is 34.8 Å². The van der Waals surface area contributed by atoms with Gasteiger partial charge in [-0.1, -0.05) is 71.2 Å². The molecule has 24 nitrogen and oxygen atoms in total. The van der Waals surface area contributed by atoms with Crippen LogP contribution in [0.1, 0.15) is 102 Å². The Morgan fingerprint density at radius 2 is 0.728 bits per heavy atom. The maximum absolute atomic E-state index is 13.2. The molecule has 30 heteroatoms. The monoisotopic (exact) mass is 1230 g/mol. The smallest absolute Gasteiger partial charge is 0.256 e. The van der Waals surface area contributed by atoms with Crippen LogP contribution in [-0.2, 0) is 69.0 Å². The van der Waals surface area contributed by atoms with E-state index in [-0.39, 0.29) is 37.4 Å². The van der Waals surface area contributed by atoms with Crippen molar-refractivity contribution >= 4 is 117 Å². The molecule has 0 saturated carbocycles. The van der Waals surface area contributed by atoms with Gasteiger partial charge in [-0.25, -0.2) is 25.3 Å². The van der Waals surface area contributed by atoms with E-state index in [4.69, 9.17) is 52.0 Å². The molecule has 3 aromatic heterocycles. The molecule has 0 fully saturated rings. The van der Waals surface area contributed by atoms with Crippen LogP contribution in [0.2, 0.25) is 15.1 Å². The second kappa shape index (κ2) is 22.5. The molecule has 3 atom stereocenters. The number of aromatic nitrogens is 6. The SMILES string of the molecule is CS(=O)(=O)N1CCc2c(nn(C(=O)C3CCNc4c(Cl)cccc43)c2N)C1.CS(=O)(=O)N1CCc2c(nn(C(=O)C3CCNc4c(Cl)cccc43)c2N)C1.CS(=O)(=O)N1CCc2c(nn(C(=O)[C@H]3CCNc4c(Cl)cccc43)c2N)C1. The Labute approximate surface area is 483 Å². The summed E-state index contributed by atoms with van der Waals surface area (Å²) < 4.78 is 78.6. The quantitative estimate of drug-likeness (QED) is 0.127. The second-order valence-electron chi connectivity index (χ2n) is 20.6. The topological polar surface area (TPSA) is 331 Å². The Kier molecular flexibility index (Phi) is 16.1. The van der Waals surface area contributed by atoms with Crippen molar-refractivity contribution in [3.8, 4) is 0 Å². The standard InChI is InChI=1S/3C17H20ClN5O3S/c3*1-27(25,26)22-8-6-12-14(9-22)21-23(16(12)19)17(24)11-5-7-20-15-10(11)3-2-4-13(15)18/h3*2-4,11,20H,5-9,19H2,1H3/t11-;;/m0../s1. The first-order valence-electron chi connectivity index (χ1n) is 25.9.